The third-order valence-corrected chi connectivity index (χ3v) is 8.47. The van der Waals surface area contributed by atoms with Crippen LogP contribution in [0.2, 0.25) is 5.02 Å². The summed E-state index contributed by atoms with van der Waals surface area (Å²) in [7, 11) is -4.15. The van der Waals surface area contributed by atoms with Gasteiger partial charge in [-0.15, -0.1) is 0 Å². The second-order valence-corrected chi connectivity index (χ2v) is 13.6. The highest BCUT2D eigenvalue weighted by Gasteiger charge is 2.33. The van der Waals surface area contributed by atoms with Crippen molar-refractivity contribution in [1.29, 1.82) is 0 Å². The summed E-state index contributed by atoms with van der Waals surface area (Å²) in [6.07, 6.45) is 0. The van der Waals surface area contributed by atoms with Gasteiger partial charge in [0, 0.05) is 21.6 Å². The summed E-state index contributed by atoms with van der Waals surface area (Å²) in [5.74, 6) is -0.881. The smallest absolute Gasteiger partial charge is 0.264 e. The van der Waals surface area contributed by atoms with Crippen LogP contribution in [-0.4, -0.2) is 43.3 Å². The Hall–Kier alpha value is -2.88. The second kappa shape index (κ2) is 12.5. The van der Waals surface area contributed by atoms with E-state index in [1.165, 1.54) is 23.1 Å². The molecule has 1 atom stereocenters. The lowest BCUT2D eigenvalue weighted by Crippen LogP contribution is -2.54. The molecule has 7 nitrogen and oxygen atoms in total. The summed E-state index contributed by atoms with van der Waals surface area (Å²) in [4.78, 5) is 28.5. The minimum atomic E-state index is -4.15. The average Bonchev–Trinajstić information content (AvgIpc) is 2.85. The van der Waals surface area contributed by atoms with Gasteiger partial charge in [0.2, 0.25) is 11.8 Å². The Morgan fingerprint density at radius 1 is 1.00 bits per heavy atom. The number of nitrogens with zero attached hydrogens (tertiary/aromatic N) is 2. The molecule has 0 saturated carbocycles. The number of carbonyl (C=O) groups excluding carboxylic acids is 2. The van der Waals surface area contributed by atoms with Gasteiger partial charge in [0.15, 0.2) is 0 Å². The van der Waals surface area contributed by atoms with Gasteiger partial charge in [0.1, 0.15) is 12.6 Å². The zero-order chi connectivity index (χ0) is 29.0. The topological polar surface area (TPSA) is 86.8 Å². The molecule has 1 N–H and O–H groups in total. The average molecular weight is 635 g/mol. The van der Waals surface area contributed by atoms with Crippen LogP contribution in [0.25, 0.3) is 0 Å². The van der Waals surface area contributed by atoms with Crippen LogP contribution in [0.5, 0.6) is 0 Å². The van der Waals surface area contributed by atoms with E-state index in [4.69, 9.17) is 11.6 Å². The predicted molar refractivity (Wildman–Crippen MR) is 159 cm³/mol. The summed E-state index contributed by atoms with van der Waals surface area (Å²) in [5, 5.41) is 3.24. The van der Waals surface area contributed by atoms with E-state index in [1.54, 1.807) is 37.3 Å². The standard InChI is InChI=1S/C29H33BrClN3O4S/c1-20-9-15-26(16-10-20)39(37,38)34(25-8-6-7-24(31)17-25)19-27(35)33(18-22-11-13-23(30)14-12-22)21(2)28(36)32-29(3,4)5/h6-17,21H,18-19H2,1-5H3,(H,32,36)/t21-/m0/s1. The van der Waals surface area contributed by atoms with Crippen LogP contribution in [0.3, 0.4) is 0 Å². The maximum absolute atomic E-state index is 13.9. The van der Waals surface area contributed by atoms with Crippen LogP contribution in [0.4, 0.5) is 5.69 Å². The number of anilines is 1. The minimum Gasteiger partial charge on any atom is -0.350 e. The number of hydrogen-bond donors (Lipinski definition) is 1. The molecule has 0 aliphatic heterocycles. The highest BCUT2D eigenvalue weighted by atomic mass is 79.9. The van der Waals surface area contributed by atoms with Gasteiger partial charge in [0.25, 0.3) is 10.0 Å². The molecule has 0 aromatic heterocycles. The van der Waals surface area contributed by atoms with Gasteiger partial charge in [0.05, 0.1) is 10.6 Å². The molecule has 0 saturated heterocycles. The molecule has 3 rings (SSSR count). The first-order chi connectivity index (χ1) is 18.2. The number of aryl methyl sites for hydroxylation is 1. The number of halogens is 2. The monoisotopic (exact) mass is 633 g/mol. The molecule has 39 heavy (non-hydrogen) atoms. The van der Waals surface area contributed by atoms with Crippen molar-refractivity contribution in [1.82, 2.24) is 10.2 Å². The van der Waals surface area contributed by atoms with Crippen molar-refractivity contribution in [2.75, 3.05) is 10.8 Å². The number of hydrogen-bond acceptors (Lipinski definition) is 4. The molecule has 208 valence electrons. The normalized spacial score (nSPS) is 12.5. The highest BCUT2D eigenvalue weighted by Crippen LogP contribution is 2.27. The molecule has 0 radical (unpaired) electrons. The molecule has 0 spiro atoms. The number of benzene rings is 3. The van der Waals surface area contributed by atoms with Crippen LogP contribution < -0.4 is 9.62 Å². The maximum atomic E-state index is 13.9. The van der Waals surface area contributed by atoms with Crippen LogP contribution >= 0.6 is 27.5 Å². The van der Waals surface area contributed by atoms with Gasteiger partial charge in [-0.2, -0.15) is 0 Å². The van der Waals surface area contributed by atoms with E-state index in [-0.39, 0.29) is 23.0 Å². The summed E-state index contributed by atoms with van der Waals surface area (Å²) >= 11 is 9.61. The summed E-state index contributed by atoms with van der Waals surface area (Å²) in [6.45, 7) is 8.64. The Morgan fingerprint density at radius 2 is 1.62 bits per heavy atom. The van der Waals surface area contributed by atoms with E-state index in [1.807, 2.05) is 52.0 Å². The Balaban J connectivity index is 2.03. The molecule has 0 unspecified atom stereocenters. The number of amides is 2. The molecular weight excluding hydrogens is 602 g/mol. The van der Waals surface area contributed by atoms with Crippen LogP contribution in [0, 0.1) is 6.92 Å². The van der Waals surface area contributed by atoms with E-state index >= 15 is 0 Å². The van der Waals surface area contributed by atoms with Crippen molar-refractivity contribution in [3.63, 3.8) is 0 Å². The molecule has 0 fully saturated rings. The quantitative estimate of drug-likeness (QED) is 0.316. The Labute approximate surface area is 244 Å². The third-order valence-electron chi connectivity index (χ3n) is 5.92. The van der Waals surface area contributed by atoms with Gasteiger partial charge in [-0.3, -0.25) is 13.9 Å². The fraction of sp³-hybridized carbons (Fsp3) is 0.310. The Bertz CT molecular complexity index is 1420. The third kappa shape index (κ3) is 8.30. The summed E-state index contributed by atoms with van der Waals surface area (Å²) in [6, 6.07) is 19.2. The van der Waals surface area contributed by atoms with Crippen LogP contribution in [0.15, 0.2) is 82.2 Å². The number of rotatable bonds is 9. The number of sulfonamides is 1. The molecule has 3 aromatic carbocycles. The van der Waals surface area contributed by atoms with Crippen LogP contribution in [-0.2, 0) is 26.2 Å². The zero-order valence-electron chi connectivity index (χ0n) is 22.6. The van der Waals surface area contributed by atoms with Gasteiger partial charge >= 0.3 is 0 Å². The van der Waals surface area contributed by atoms with Crippen molar-refractivity contribution < 1.29 is 18.0 Å². The lowest BCUT2D eigenvalue weighted by atomic mass is 10.1. The molecule has 0 aliphatic rings. The fourth-order valence-electron chi connectivity index (χ4n) is 3.84. The zero-order valence-corrected chi connectivity index (χ0v) is 25.8. The first kappa shape index (κ1) is 30.7. The highest BCUT2D eigenvalue weighted by molar-refractivity contribution is 9.10. The molecule has 0 bridgehead atoms. The van der Waals surface area contributed by atoms with Gasteiger partial charge < -0.3 is 10.2 Å². The largest absolute Gasteiger partial charge is 0.350 e. The van der Waals surface area contributed by atoms with Crippen molar-refractivity contribution in [3.8, 4) is 0 Å². The maximum Gasteiger partial charge on any atom is 0.264 e. The van der Waals surface area contributed by atoms with Gasteiger partial charge in [-0.05, 0) is 82.6 Å². The predicted octanol–water partition coefficient (Wildman–Crippen LogP) is 5.94. The molecule has 2 amide bonds. The molecule has 10 heteroatoms. The van der Waals surface area contributed by atoms with E-state index < -0.39 is 34.1 Å². The molecule has 0 heterocycles. The lowest BCUT2D eigenvalue weighted by molar-refractivity contribution is -0.140. The molecule has 3 aromatic rings. The minimum absolute atomic E-state index is 0.0406. The SMILES string of the molecule is Cc1ccc(S(=O)(=O)N(CC(=O)N(Cc2ccc(Br)cc2)[C@@H](C)C(=O)NC(C)(C)C)c2cccc(Cl)c2)cc1. The van der Waals surface area contributed by atoms with E-state index in [0.717, 1.165) is 19.9 Å². The Morgan fingerprint density at radius 3 is 2.18 bits per heavy atom. The van der Waals surface area contributed by atoms with Crippen LogP contribution in [0.1, 0.15) is 38.8 Å². The number of nitrogens with one attached hydrogen (secondary N) is 1. The van der Waals surface area contributed by atoms with Crippen molar-refractivity contribution in [2.24, 2.45) is 0 Å². The van der Waals surface area contributed by atoms with E-state index in [2.05, 4.69) is 21.2 Å². The van der Waals surface area contributed by atoms with Crippen molar-refractivity contribution >= 4 is 55.1 Å². The van der Waals surface area contributed by atoms with E-state index in [0.29, 0.717) is 5.02 Å². The molecule has 0 aliphatic carbocycles. The second-order valence-electron chi connectivity index (χ2n) is 10.4. The summed E-state index contributed by atoms with van der Waals surface area (Å²) in [5.41, 5.74) is 1.42. The van der Waals surface area contributed by atoms with Crippen molar-refractivity contribution in [2.45, 2.75) is 57.6 Å². The fourth-order valence-corrected chi connectivity index (χ4v) is 5.70. The number of carbonyl (C=O) groups is 2. The van der Waals surface area contributed by atoms with Crippen molar-refractivity contribution in [3.05, 3.63) is 93.4 Å². The first-order valence-electron chi connectivity index (χ1n) is 12.4. The molecular formula is C29H33BrClN3O4S. The first-order valence-corrected chi connectivity index (χ1v) is 15.0. The van der Waals surface area contributed by atoms with Gasteiger partial charge in [-0.25, -0.2) is 8.42 Å². The Kier molecular flexibility index (Phi) is 9.85. The summed E-state index contributed by atoms with van der Waals surface area (Å²) < 4.78 is 29.6. The lowest BCUT2D eigenvalue weighted by Gasteiger charge is -2.33. The van der Waals surface area contributed by atoms with Gasteiger partial charge in [-0.1, -0.05) is 63.4 Å². The van der Waals surface area contributed by atoms with E-state index in [9.17, 15) is 18.0 Å².